The SMILES string of the molecule is O=C(CN1CCC(C(=O)c2ccc3c(c2)OCCO3)CC1)Nc1ccc2[nH]c(=O)[nH]c2c1. The van der Waals surface area contributed by atoms with Gasteiger partial charge in [-0.1, -0.05) is 0 Å². The first kappa shape index (κ1) is 20.3. The number of aromatic nitrogens is 2. The maximum atomic E-state index is 12.9. The molecule has 0 bridgehead atoms. The van der Waals surface area contributed by atoms with Crippen LogP contribution in [0.15, 0.2) is 41.2 Å². The van der Waals surface area contributed by atoms with Gasteiger partial charge in [0.15, 0.2) is 17.3 Å². The number of amides is 1. The Kier molecular flexibility index (Phi) is 5.40. The lowest BCUT2D eigenvalue weighted by Crippen LogP contribution is -2.40. The molecule has 0 saturated carbocycles. The van der Waals surface area contributed by atoms with Crippen molar-refractivity contribution in [1.82, 2.24) is 14.9 Å². The topological polar surface area (TPSA) is 117 Å². The van der Waals surface area contributed by atoms with E-state index >= 15 is 0 Å². The largest absolute Gasteiger partial charge is 0.486 e. The number of imidazole rings is 1. The monoisotopic (exact) mass is 436 g/mol. The minimum Gasteiger partial charge on any atom is -0.486 e. The van der Waals surface area contributed by atoms with Crippen molar-refractivity contribution in [2.45, 2.75) is 12.8 Å². The van der Waals surface area contributed by atoms with Gasteiger partial charge in [-0.2, -0.15) is 0 Å². The fourth-order valence-electron chi connectivity index (χ4n) is 4.30. The first-order chi connectivity index (χ1) is 15.5. The fraction of sp³-hybridized carbons (Fsp3) is 0.348. The third-order valence-corrected chi connectivity index (χ3v) is 5.95. The average Bonchev–Trinajstić information content (AvgIpc) is 3.18. The van der Waals surface area contributed by atoms with E-state index in [0.29, 0.717) is 72.9 Å². The number of nitrogens with one attached hydrogen (secondary N) is 3. The number of benzene rings is 2. The summed E-state index contributed by atoms with van der Waals surface area (Å²) < 4.78 is 11.1. The lowest BCUT2D eigenvalue weighted by molar-refractivity contribution is -0.117. The molecule has 9 nitrogen and oxygen atoms in total. The average molecular weight is 436 g/mol. The highest BCUT2D eigenvalue weighted by Gasteiger charge is 2.27. The molecule has 166 valence electrons. The van der Waals surface area contributed by atoms with Crippen LogP contribution in [0.4, 0.5) is 5.69 Å². The molecule has 32 heavy (non-hydrogen) atoms. The number of rotatable bonds is 5. The zero-order valence-electron chi connectivity index (χ0n) is 17.5. The van der Waals surface area contributed by atoms with E-state index < -0.39 is 0 Å². The standard InChI is InChI=1S/C23H24N4O5/c28-21(24-16-2-3-17-18(12-16)26-23(30)25-17)13-27-7-5-14(6-8-27)22(29)15-1-4-19-20(11-15)32-10-9-31-19/h1-4,11-12,14H,5-10,13H2,(H,24,28)(H2,25,26,30). The van der Waals surface area contributed by atoms with Crippen LogP contribution in [0.2, 0.25) is 0 Å². The minimum absolute atomic E-state index is 0.0651. The molecule has 0 spiro atoms. The zero-order chi connectivity index (χ0) is 22.1. The van der Waals surface area contributed by atoms with Gasteiger partial charge in [0, 0.05) is 17.2 Å². The molecule has 2 aliphatic rings. The summed E-state index contributed by atoms with van der Waals surface area (Å²) in [6.07, 6.45) is 1.41. The van der Waals surface area contributed by atoms with Gasteiger partial charge in [0.2, 0.25) is 5.91 Å². The molecule has 0 radical (unpaired) electrons. The van der Waals surface area contributed by atoms with Gasteiger partial charge in [0.25, 0.3) is 0 Å². The number of piperidine rings is 1. The smallest absolute Gasteiger partial charge is 0.323 e. The van der Waals surface area contributed by atoms with Gasteiger partial charge in [-0.3, -0.25) is 14.5 Å². The second kappa shape index (κ2) is 8.51. The molecule has 1 saturated heterocycles. The Morgan fingerprint density at radius 3 is 2.53 bits per heavy atom. The highest BCUT2D eigenvalue weighted by atomic mass is 16.6. The number of Topliss-reactive ketones (excluding diaryl/α,β-unsaturated/α-hetero) is 1. The molecule has 2 aromatic carbocycles. The van der Waals surface area contributed by atoms with E-state index in [1.54, 1.807) is 36.4 Å². The second-order valence-corrected chi connectivity index (χ2v) is 8.16. The van der Waals surface area contributed by atoms with Gasteiger partial charge in [-0.25, -0.2) is 4.79 Å². The molecule has 1 aromatic heterocycles. The molecule has 3 aromatic rings. The van der Waals surface area contributed by atoms with Crippen molar-refractivity contribution < 1.29 is 19.1 Å². The van der Waals surface area contributed by atoms with Crippen molar-refractivity contribution in [3.8, 4) is 11.5 Å². The summed E-state index contributed by atoms with van der Waals surface area (Å²) in [6.45, 7) is 2.62. The lowest BCUT2D eigenvalue weighted by Gasteiger charge is -2.30. The van der Waals surface area contributed by atoms with Crippen LogP contribution in [0.5, 0.6) is 11.5 Å². The van der Waals surface area contributed by atoms with Crippen LogP contribution in [-0.4, -0.2) is 59.4 Å². The molecule has 1 amide bonds. The van der Waals surface area contributed by atoms with E-state index in [1.807, 2.05) is 0 Å². The van der Waals surface area contributed by atoms with Gasteiger partial charge in [0.1, 0.15) is 13.2 Å². The molecule has 3 N–H and O–H groups in total. The van der Waals surface area contributed by atoms with Crippen LogP contribution in [0.25, 0.3) is 11.0 Å². The van der Waals surface area contributed by atoms with E-state index in [1.165, 1.54) is 0 Å². The first-order valence-corrected chi connectivity index (χ1v) is 10.7. The van der Waals surface area contributed by atoms with Crippen molar-refractivity contribution in [2.24, 2.45) is 5.92 Å². The van der Waals surface area contributed by atoms with Crippen LogP contribution >= 0.6 is 0 Å². The number of hydrogen-bond donors (Lipinski definition) is 3. The second-order valence-electron chi connectivity index (χ2n) is 8.16. The van der Waals surface area contributed by atoms with Crippen molar-refractivity contribution >= 4 is 28.4 Å². The number of carbonyl (C=O) groups is 2. The summed E-state index contributed by atoms with van der Waals surface area (Å²) in [6, 6.07) is 10.6. The quantitative estimate of drug-likeness (QED) is 0.528. The molecule has 0 aliphatic carbocycles. The number of H-pyrrole nitrogens is 2. The summed E-state index contributed by atoms with van der Waals surface area (Å²) in [5, 5.41) is 2.87. The van der Waals surface area contributed by atoms with Gasteiger partial charge in [0.05, 0.1) is 17.6 Å². The van der Waals surface area contributed by atoms with Crippen LogP contribution < -0.4 is 20.5 Å². The van der Waals surface area contributed by atoms with Crippen LogP contribution in [0.1, 0.15) is 23.2 Å². The normalized spacial score (nSPS) is 16.8. The summed E-state index contributed by atoms with van der Waals surface area (Å²) in [5.74, 6) is 1.22. The van der Waals surface area contributed by atoms with E-state index in [2.05, 4.69) is 20.2 Å². The molecule has 3 heterocycles. The number of ketones is 1. The third kappa shape index (κ3) is 4.24. The number of fused-ring (bicyclic) bond motifs is 2. The Bertz CT molecular complexity index is 1220. The Labute approximate surface area is 183 Å². The maximum absolute atomic E-state index is 12.9. The number of ether oxygens (including phenoxy) is 2. The van der Waals surface area contributed by atoms with Crippen LogP contribution in [0, 0.1) is 5.92 Å². The summed E-state index contributed by atoms with van der Waals surface area (Å²) in [4.78, 5) is 44.2. The Hall–Kier alpha value is -3.59. The molecule has 0 unspecified atom stereocenters. The van der Waals surface area contributed by atoms with Gasteiger partial charge < -0.3 is 24.8 Å². The maximum Gasteiger partial charge on any atom is 0.323 e. The Balaban J connectivity index is 1.14. The molecule has 9 heteroatoms. The van der Waals surface area contributed by atoms with E-state index in [-0.39, 0.29) is 29.8 Å². The highest BCUT2D eigenvalue weighted by Crippen LogP contribution is 2.32. The Morgan fingerprint density at radius 1 is 0.969 bits per heavy atom. The van der Waals surface area contributed by atoms with Gasteiger partial charge in [-0.15, -0.1) is 0 Å². The number of carbonyl (C=O) groups excluding carboxylic acids is 2. The van der Waals surface area contributed by atoms with Gasteiger partial charge in [-0.05, 0) is 62.3 Å². The molecule has 0 atom stereocenters. The van der Waals surface area contributed by atoms with E-state index in [9.17, 15) is 14.4 Å². The lowest BCUT2D eigenvalue weighted by atomic mass is 9.88. The number of anilines is 1. The Morgan fingerprint density at radius 2 is 1.72 bits per heavy atom. The number of aromatic amines is 2. The zero-order valence-corrected chi connectivity index (χ0v) is 17.5. The van der Waals surface area contributed by atoms with Crippen LogP contribution in [-0.2, 0) is 4.79 Å². The van der Waals surface area contributed by atoms with Crippen molar-refractivity contribution in [3.63, 3.8) is 0 Å². The van der Waals surface area contributed by atoms with E-state index in [4.69, 9.17) is 9.47 Å². The molecule has 1 fully saturated rings. The van der Waals surface area contributed by atoms with Crippen LogP contribution in [0.3, 0.4) is 0 Å². The summed E-state index contributed by atoms with van der Waals surface area (Å²) in [7, 11) is 0. The first-order valence-electron chi connectivity index (χ1n) is 10.7. The number of hydrogen-bond acceptors (Lipinski definition) is 6. The van der Waals surface area contributed by atoms with Gasteiger partial charge >= 0.3 is 5.69 Å². The van der Waals surface area contributed by atoms with E-state index in [0.717, 1.165) is 0 Å². The van der Waals surface area contributed by atoms with Crippen molar-refractivity contribution in [1.29, 1.82) is 0 Å². The molecular weight excluding hydrogens is 412 g/mol. The number of likely N-dealkylation sites (tertiary alicyclic amines) is 1. The predicted octanol–water partition coefficient (Wildman–Crippen LogP) is 2.16. The third-order valence-electron chi connectivity index (χ3n) is 5.95. The van der Waals surface area contributed by atoms with Crippen molar-refractivity contribution in [3.05, 3.63) is 52.4 Å². The number of nitrogens with zero attached hydrogens (tertiary/aromatic N) is 1. The summed E-state index contributed by atoms with van der Waals surface area (Å²) >= 11 is 0. The predicted molar refractivity (Wildman–Crippen MR) is 118 cm³/mol. The molecular formula is C23H24N4O5. The molecule has 5 rings (SSSR count). The summed E-state index contributed by atoms with van der Waals surface area (Å²) in [5.41, 5.74) is 2.33. The highest BCUT2D eigenvalue weighted by molar-refractivity contribution is 5.98. The fourth-order valence-corrected chi connectivity index (χ4v) is 4.30. The van der Waals surface area contributed by atoms with Crippen molar-refractivity contribution in [2.75, 3.05) is 38.2 Å². The minimum atomic E-state index is -0.280. The molecule has 2 aliphatic heterocycles.